The summed E-state index contributed by atoms with van der Waals surface area (Å²) in [6, 6.07) is 2.93. The van der Waals surface area contributed by atoms with Crippen LogP contribution in [0.1, 0.15) is 64.1 Å². The fraction of sp³-hybridized carbons (Fsp3) is 0.722. The van der Waals surface area contributed by atoms with Gasteiger partial charge in [0.05, 0.1) is 0 Å². The van der Waals surface area contributed by atoms with Crippen molar-refractivity contribution in [1.82, 2.24) is 10.3 Å². The summed E-state index contributed by atoms with van der Waals surface area (Å²) in [5.74, 6) is 0. The first-order valence-corrected chi connectivity index (χ1v) is 8.30. The van der Waals surface area contributed by atoms with Crippen molar-refractivity contribution in [3.8, 4) is 0 Å². The number of nitrogens with zero attached hydrogens (tertiary/aromatic N) is 2. The molecule has 0 amide bonds. The van der Waals surface area contributed by atoms with E-state index in [-0.39, 0.29) is 5.54 Å². The van der Waals surface area contributed by atoms with Crippen molar-refractivity contribution in [2.75, 3.05) is 11.9 Å². The summed E-state index contributed by atoms with van der Waals surface area (Å²) in [5, 5.41) is 3.59. The quantitative estimate of drug-likeness (QED) is 0.906. The van der Waals surface area contributed by atoms with Crippen molar-refractivity contribution in [3.05, 3.63) is 23.5 Å². The molecule has 0 aromatic carbocycles. The molecule has 2 rings (SSSR count). The zero-order valence-corrected chi connectivity index (χ0v) is 14.4. The third kappa shape index (κ3) is 4.70. The molecular formula is C18H31N3. The molecule has 0 saturated heterocycles. The van der Waals surface area contributed by atoms with Gasteiger partial charge in [-0.05, 0) is 46.6 Å². The molecule has 1 aliphatic carbocycles. The van der Waals surface area contributed by atoms with Crippen LogP contribution in [0.15, 0.2) is 12.3 Å². The van der Waals surface area contributed by atoms with Gasteiger partial charge in [0.2, 0.25) is 0 Å². The molecule has 0 unspecified atom stereocenters. The normalized spacial score (nSPS) is 17.0. The van der Waals surface area contributed by atoms with Crippen molar-refractivity contribution in [3.63, 3.8) is 0 Å². The maximum atomic E-state index is 4.50. The molecule has 1 heterocycles. The van der Waals surface area contributed by atoms with E-state index in [4.69, 9.17) is 0 Å². The van der Waals surface area contributed by atoms with Crippen LogP contribution in [0.2, 0.25) is 0 Å². The minimum Gasteiger partial charge on any atom is -0.371 e. The average Bonchev–Trinajstić information content (AvgIpc) is 2.45. The second kappa shape index (κ2) is 6.78. The highest BCUT2D eigenvalue weighted by atomic mass is 15.1. The molecule has 1 aromatic heterocycles. The van der Waals surface area contributed by atoms with Crippen LogP contribution in [-0.2, 0) is 6.54 Å². The maximum absolute atomic E-state index is 4.50. The van der Waals surface area contributed by atoms with Gasteiger partial charge in [0, 0.05) is 48.3 Å². The Labute approximate surface area is 130 Å². The van der Waals surface area contributed by atoms with Gasteiger partial charge in [0.1, 0.15) is 0 Å². The molecule has 21 heavy (non-hydrogen) atoms. The van der Waals surface area contributed by atoms with E-state index in [1.165, 1.54) is 43.4 Å². The molecule has 0 spiro atoms. The molecule has 3 heteroatoms. The molecule has 1 aromatic rings. The second-order valence-corrected chi connectivity index (χ2v) is 7.46. The summed E-state index contributed by atoms with van der Waals surface area (Å²) >= 11 is 0. The summed E-state index contributed by atoms with van der Waals surface area (Å²) in [4.78, 5) is 6.99. The van der Waals surface area contributed by atoms with Gasteiger partial charge in [-0.3, -0.25) is 4.98 Å². The Morgan fingerprint density at radius 1 is 1.24 bits per heavy atom. The third-order valence-corrected chi connectivity index (χ3v) is 4.41. The average molecular weight is 289 g/mol. The van der Waals surface area contributed by atoms with Crippen LogP contribution in [0, 0.1) is 6.92 Å². The van der Waals surface area contributed by atoms with Crippen LogP contribution < -0.4 is 10.2 Å². The number of aryl methyl sites for hydroxylation is 1. The Morgan fingerprint density at radius 3 is 2.52 bits per heavy atom. The Balaban J connectivity index is 2.17. The minimum absolute atomic E-state index is 0.131. The van der Waals surface area contributed by atoms with E-state index < -0.39 is 0 Å². The largest absolute Gasteiger partial charge is 0.371 e. The van der Waals surface area contributed by atoms with E-state index in [9.17, 15) is 0 Å². The van der Waals surface area contributed by atoms with E-state index in [0.29, 0.717) is 6.04 Å². The van der Waals surface area contributed by atoms with Gasteiger partial charge in [-0.25, -0.2) is 0 Å². The van der Waals surface area contributed by atoms with E-state index in [2.05, 4.69) is 56.0 Å². The molecule has 0 bridgehead atoms. The lowest BCUT2D eigenvalue weighted by Gasteiger charge is -2.34. The van der Waals surface area contributed by atoms with Gasteiger partial charge in [-0.2, -0.15) is 0 Å². The molecular weight excluding hydrogens is 258 g/mol. The second-order valence-electron chi connectivity index (χ2n) is 7.46. The van der Waals surface area contributed by atoms with Crippen LogP contribution in [0.25, 0.3) is 0 Å². The van der Waals surface area contributed by atoms with Crippen LogP contribution in [0.3, 0.4) is 0 Å². The molecule has 0 atom stereocenters. The summed E-state index contributed by atoms with van der Waals surface area (Å²) in [6.07, 6.45) is 8.83. The van der Waals surface area contributed by atoms with Gasteiger partial charge < -0.3 is 10.2 Å². The molecule has 0 radical (unpaired) electrons. The SMILES string of the molecule is Cc1cc(N(C)C2CCCCC2)c(CNC(C)(C)C)cn1. The summed E-state index contributed by atoms with van der Waals surface area (Å²) in [7, 11) is 2.26. The smallest absolute Gasteiger partial charge is 0.0445 e. The maximum Gasteiger partial charge on any atom is 0.0445 e. The van der Waals surface area contributed by atoms with Gasteiger partial charge in [0.25, 0.3) is 0 Å². The van der Waals surface area contributed by atoms with E-state index >= 15 is 0 Å². The first-order valence-electron chi connectivity index (χ1n) is 8.30. The number of nitrogens with one attached hydrogen (secondary N) is 1. The lowest BCUT2D eigenvalue weighted by molar-refractivity contribution is 0.417. The fourth-order valence-corrected chi connectivity index (χ4v) is 3.06. The number of hydrogen-bond donors (Lipinski definition) is 1. The Morgan fingerprint density at radius 2 is 1.90 bits per heavy atom. The standard InChI is InChI=1S/C18H31N3/c1-14-11-17(21(5)16-9-7-6-8-10-16)15(12-19-14)13-20-18(2,3)4/h11-12,16,20H,6-10,13H2,1-5H3. The Bertz CT molecular complexity index is 456. The molecule has 1 saturated carbocycles. The van der Waals surface area contributed by atoms with Crippen LogP contribution >= 0.6 is 0 Å². The van der Waals surface area contributed by atoms with Crippen LogP contribution in [0.4, 0.5) is 5.69 Å². The van der Waals surface area contributed by atoms with E-state index in [1.807, 2.05) is 6.20 Å². The Kier molecular flexibility index (Phi) is 5.26. The highest BCUT2D eigenvalue weighted by Gasteiger charge is 2.21. The summed E-state index contributed by atoms with van der Waals surface area (Å²) in [6.45, 7) is 9.58. The molecule has 1 N–H and O–H groups in total. The van der Waals surface area contributed by atoms with Crippen molar-refractivity contribution >= 4 is 5.69 Å². The minimum atomic E-state index is 0.131. The third-order valence-electron chi connectivity index (χ3n) is 4.41. The van der Waals surface area contributed by atoms with Crippen molar-refractivity contribution < 1.29 is 0 Å². The molecule has 1 fully saturated rings. The molecule has 1 aliphatic rings. The van der Waals surface area contributed by atoms with Crippen molar-refractivity contribution in [1.29, 1.82) is 0 Å². The van der Waals surface area contributed by atoms with Gasteiger partial charge in [0.15, 0.2) is 0 Å². The number of anilines is 1. The number of aromatic nitrogens is 1. The lowest BCUT2D eigenvalue weighted by Crippen LogP contribution is -2.37. The van der Waals surface area contributed by atoms with Crippen molar-refractivity contribution in [2.45, 2.75) is 77.9 Å². The highest BCUT2D eigenvalue weighted by molar-refractivity contribution is 5.54. The topological polar surface area (TPSA) is 28.2 Å². The first-order chi connectivity index (χ1) is 9.87. The van der Waals surface area contributed by atoms with Crippen molar-refractivity contribution in [2.24, 2.45) is 0 Å². The number of rotatable bonds is 4. The fourth-order valence-electron chi connectivity index (χ4n) is 3.06. The molecule has 3 nitrogen and oxygen atoms in total. The highest BCUT2D eigenvalue weighted by Crippen LogP contribution is 2.28. The lowest BCUT2D eigenvalue weighted by atomic mass is 9.94. The van der Waals surface area contributed by atoms with Gasteiger partial charge >= 0.3 is 0 Å². The van der Waals surface area contributed by atoms with E-state index in [0.717, 1.165) is 12.2 Å². The van der Waals surface area contributed by atoms with E-state index in [1.54, 1.807) is 0 Å². The predicted octanol–water partition coefficient (Wildman–Crippen LogP) is 4.05. The predicted molar refractivity (Wildman–Crippen MR) is 90.8 cm³/mol. The Hall–Kier alpha value is -1.09. The zero-order valence-electron chi connectivity index (χ0n) is 14.4. The molecule has 118 valence electrons. The zero-order chi connectivity index (χ0) is 15.5. The monoisotopic (exact) mass is 289 g/mol. The van der Waals surface area contributed by atoms with Crippen LogP contribution in [0.5, 0.6) is 0 Å². The molecule has 0 aliphatic heterocycles. The summed E-state index contributed by atoms with van der Waals surface area (Å²) in [5.41, 5.74) is 3.90. The number of pyridine rings is 1. The van der Waals surface area contributed by atoms with Gasteiger partial charge in [-0.15, -0.1) is 0 Å². The van der Waals surface area contributed by atoms with Crippen LogP contribution in [-0.4, -0.2) is 23.6 Å². The van der Waals surface area contributed by atoms with Gasteiger partial charge in [-0.1, -0.05) is 19.3 Å². The summed E-state index contributed by atoms with van der Waals surface area (Å²) < 4.78 is 0. The number of hydrogen-bond acceptors (Lipinski definition) is 3. The first kappa shape index (κ1) is 16.3.